The fourth-order valence-corrected chi connectivity index (χ4v) is 2.34. The van der Waals surface area contributed by atoms with Crippen LogP contribution in [0.1, 0.15) is 22.3 Å². The predicted molar refractivity (Wildman–Crippen MR) is 104 cm³/mol. The summed E-state index contributed by atoms with van der Waals surface area (Å²) in [5.41, 5.74) is 1.17. The third kappa shape index (κ3) is 7.26. The number of hydrogen-bond acceptors (Lipinski definition) is 8. The third-order valence-electron chi connectivity index (χ3n) is 3.68. The lowest BCUT2D eigenvalue weighted by atomic mass is 10.1. The molecule has 0 aliphatic carbocycles. The fourth-order valence-electron chi connectivity index (χ4n) is 2.34. The van der Waals surface area contributed by atoms with Gasteiger partial charge in [-0.2, -0.15) is 0 Å². The van der Waals surface area contributed by atoms with Gasteiger partial charge < -0.3 is 33.5 Å². The second-order valence-electron chi connectivity index (χ2n) is 5.89. The van der Waals surface area contributed by atoms with Gasteiger partial charge in [0.1, 0.15) is 6.61 Å². The summed E-state index contributed by atoms with van der Waals surface area (Å²) in [6.07, 6.45) is 0.351. The van der Waals surface area contributed by atoms with E-state index in [-0.39, 0.29) is 50.5 Å². The van der Waals surface area contributed by atoms with Crippen molar-refractivity contribution in [3.63, 3.8) is 0 Å². The second kappa shape index (κ2) is 12.6. The number of aliphatic hydroxyl groups excluding tert-OH is 1. The summed E-state index contributed by atoms with van der Waals surface area (Å²) in [5.74, 6) is 0.281. The van der Waals surface area contributed by atoms with Crippen LogP contribution in [-0.4, -0.2) is 52.1 Å². The van der Waals surface area contributed by atoms with Gasteiger partial charge in [-0.25, -0.2) is 4.79 Å². The Bertz CT molecular complexity index is 719. The number of carbonyl (C=O) groups excluding carboxylic acids is 1. The third-order valence-corrected chi connectivity index (χ3v) is 3.68. The molecule has 0 aromatic heterocycles. The molecule has 0 heterocycles. The maximum atomic E-state index is 12.3. The number of aliphatic hydroxyl groups is 1. The van der Waals surface area contributed by atoms with Crippen LogP contribution in [0.5, 0.6) is 17.2 Å². The molecule has 0 amide bonds. The average molecular weight is 406 g/mol. The van der Waals surface area contributed by atoms with Crippen LogP contribution in [-0.2, 0) is 20.8 Å². The van der Waals surface area contributed by atoms with Crippen LogP contribution < -0.4 is 14.2 Å². The van der Waals surface area contributed by atoms with Gasteiger partial charge in [0, 0.05) is 27.2 Å². The highest BCUT2D eigenvalue weighted by Crippen LogP contribution is 2.40. The van der Waals surface area contributed by atoms with Crippen LogP contribution in [0.3, 0.4) is 0 Å². The van der Waals surface area contributed by atoms with Gasteiger partial charge in [0.05, 0.1) is 12.2 Å². The number of ether oxygens (including phenoxy) is 6. The summed E-state index contributed by atoms with van der Waals surface area (Å²) >= 11 is 0. The minimum Gasteiger partial charge on any atom is -0.482 e. The number of esters is 1. The quantitative estimate of drug-likeness (QED) is 0.308. The predicted octanol–water partition coefficient (Wildman–Crippen LogP) is 2.77. The lowest BCUT2D eigenvalue weighted by Gasteiger charge is -2.18. The van der Waals surface area contributed by atoms with E-state index in [0.29, 0.717) is 12.2 Å². The highest BCUT2D eigenvalue weighted by Gasteiger charge is 2.20. The Morgan fingerprint density at radius 1 is 0.931 bits per heavy atom. The minimum absolute atomic E-state index is 0.0472. The van der Waals surface area contributed by atoms with E-state index in [9.17, 15) is 4.79 Å². The van der Waals surface area contributed by atoms with Crippen molar-refractivity contribution in [2.24, 2.45) is 0 Å². The highest BCUT2D eigenvalue weighted by atomic mass is 16.7. The summed E-state index contributed by atoms with van der Waals surface area (Å²) in [7, 11) is 2.97. The van der Waals surface area contributed by atoms with E-state index in [4.69, 9.17) is 33.5 Å². The molecular formula is C21H26O8. The summed E-state index contributed by atoms with van der Waals surface area (Å²) in [4.78, 5) is 12.3. The Morgan fingerprint density at radius 2 is 1.55 bits per heavy atom. The van der Waals surface area contributed by atoms with Gasteiger partial charge in [-0.3, -0.25) is 0 Å². The van der Waals surface area contributed by atoms with E-state index in [1.165, 1.54) is 26.4 Å². The topological polar surface area (TPSA) is 92.7 Å². The lowest BCUT2D eigenvalue weighted by Crippen LogP contribution is -2.11. The molecule has 1 N–H and O–H groups in total. The van der Waals surface area contributed by atoms with E-state index in [2.05, 4.69) is 0 Å². The molecule has 0 aliphatic heterocycles. The van der Waals surface area contributed by atoms with Crippen LogP contribution in [0.15, 0.2) is 42.5 Å². The van der Waals surface area contributed by atoms with Crippen LogP contribution >= 0.6 is 0 Å². The summed E-state index contributed by atoms with van der Waals surface area (Å²) < 4.78 is 32.2. The zero-order valence-corrected chi connectivity index (χ0v) is 16.6. The average Bonchev–Trinajstić information content (AvgIpc) is 2.75. The molecule has 0 spiro atoms. The molecule has 0 radical (unpaired) electrons. The van der Waals surface area contributed by atoms with Crippen molar-refractivity contribution >= 4 is 5.97 Å². The van der Waals surface area contributed by atoms with E-state index in [1.54, 1.807) is 0 Å². The molecule has 0 atom stereocenters. The maximum absolute atomic E-state index is 12.3. The SMILES string of the molecule is COCOc1cc(C(=O)OCCCO)cc(OCOC)c1OCc1ccccc1. The Hall–Kier alpha value is -2.81. The first-order valence-electron chi connectivity index (χ1n) is 9.05. The second-order valence-corrected chi connectivity index (χ2v) is 5.89. The first kappa shape index (κ1) is 22.5. The highest BCUT2D eigenvalue weighted by molar-refractivity contribution is 5.91. The van der Waals surface area contributed by atoms with Crippen LogP contribution in [0.2, 0.25) is 0 Å². The largest absolute Gasteiger partial charge is 0.482 e. The smallest absolute Gasteiger partial charge is 0.338 e. The van der Waals surface area contributed by atoms with Gasteiger partial charge in [-0.15, -0.1) is 0 Å². The molecule has 8 heteroatoms. The van der Waals surface area contributed by atoms with Crippen LogP contribution in [0.4, 0.5) is 0 Å². The normalized spacial score (nSPS) is 10.4. The number of rotatable bonds is 13. The molecule has 2 rings (SSSR count). The molecule has 2 aromatic carbocycles. The van der Waals surface area contributed by atoms with Crippen molar-refractivity contribution in [1.82, 2.24) is 0 Å². The van der Waals surface area contributed by atoms with E-state index in [1.807, 2.05) is 30.3 Å². The van der Waals surface area contributed by atoms with Crippen molar-refractivity contribution in [2.75, 3.05) is 41.0 Å². The Morgan fingerprint density at radius 3 is 2.10 bits per heavy atom. The minimum atomic E-state index is -0.572. The molecule has 0 saturated carbocycles. The first-order valence-corrected chi connectivity index (χ1v) is 9.05. The fraction of sp³-hybridized carbons (Fsp3) is 0.381. The lowest BCUT2D eigenvalue weighted by molar-refractivity contribution is 0.0390. The number of benzene rings is 2. The van der Waals surface area contributed by atoms with Crippen LogP contribution in [0.25, 0.3) is 0 Å². The standard InChI is InChI=1S/C21H26O8/c1-24-14-28-18-11-17(21(23)26-10-6-9-22)12-19(29-15-25-2)20(18)27-13-16-7-4-3-5-8-16/h3-5,7-8,11-12,22H,6,9-10,13-15H2,1-2H3. The van der Waals surface area contributed by atoms with Gasteiger partial charge >= 0.3 is 5.97 Å². The number of hydrogen-bond donors (Lipinski definition) is 1. The maximum Gasteiger partial charge on any atom is 0.338 e. The molecule has 8 nitrogen and oxygen atoms in total. The molecule has 0 saturated heterocycles. The molecular weight excluding hydrogens is 380 g/mol. The summed E-state index contributed by atoms with van der Waals surface area (Å²) in [6.45, 7) is 0.213. The molecule has 0 bridgehead atoms. The number of carbonyl (C=O) groups is 1. The zero-order chi connectivity index (χ0) is 20.9. The van der Waals surface area contributed by atoms with Gasteiger partial charge in [-0.1, -0.05) is 30.3 Å². The first-order chi connectivity index (χ1) is 14.2. The molecule has 0 aliphatic rings. The van der Waals surface area contributed by atoms with E-state index in [0.717, 1.165) is 5.56 Å². The molecule has 29 heavy (non-hydrogen) atoms. The monoisotopic (exact) mass is 406 g/mol. The van der Waals surface area contributed by atoms with Gasteiger partial charge in [0.15, 0.2) is 25.1 Å². The van der Waals surface area contributed by atoms with E-state index < -0.39 is 5.97 Å². The van der Waals surface area contributed by atoms with E-state index >= 15 is 0 Å². The number of methoxy groups -OCH3 is 2. The molecule has 2 aromatic rings. The van der Waals surface area contributed by atoms with Crippen molar-refractivity contribution in [2.45, 2.75) is 13.0 Å². The van der Waals surface area contributed by atoms with Gasteiger partial charge in [-0.05, 0) is 17.7 Å². The molecule has 0 unspecified atom stereocenters. The Balaban J connectivity index is 2.31. The zero-order valence-electron chi connectivity index (χ0n) is 16.6. The van der Waals surface area contributed by atoms with Gasteiger partial charge in [0.2, 0.25) is 5.75 Å². The summed E-state index contributed by atoms with van der Waals surface area (Å²) in [6, 6.07) is 12.6. The Labute approximate surface area is 169 Å². The van der Waals surface area contributed by atoms with Crippen molar-refractivity contribution in [3.05, 3.63) is 53.6 Å². The van der Waals surface area contributed by atoms with Crippen molar-refractivity contribution in [3.8, 4) is 17.2 Å². The molecule has 158 valence electrons. The Kier molecular flexibility index (Phi) is 9.77. The van der Waals surface area contributed by atoms with Crippen LogP contribution in [0, 0.1) is 0 Å². The molecule has 0 fully saturated rings. The van der Waals surface area contributed by atoms with Crippen molar-refractivity contribution in [1.29, 1.82) is 0 Å². The van der Waals surface area contributed by atoms with Crippen molar-refractivity contribution < 1.29 is 38.3 Å². The summed E-state index contributed by atoms with van der Waals surface area (Å²) in [5, 5.41) is 8.85. The van der Waals surface area contributed by atoms with Gasteiger partial charge in [0.25, 0.3) is 0 Å².